The Morgan fingerprint density at radius 2 is 2.17 bits per heavy atom. The zero-order valence-corrected chi connectivity index (χ0v) is 10.7. The molecule has 0 saturated heterocycles. The van der Waals surface area contributed by atoms with Crippen LogP contribution in [0.3, 0.4) is 0 Å². The predicted octanol–water partition coefficient (Wildman–Crippen LogP) is 1.79. The van der Waals surface area contributed by atoms with Crippen LogP contribution in [0, 0.1) is 21.4 Å². The number of nitro groups is 1. The minimum atomic E-state index is -4.25. The van der Waals surface area contributed by atoms with Crippen LogP contribution in [0.25, 0.3) is 0 Å². The van der Waals surface area contributed by atoms with Crippen LogP contribution in [0.1, 0.15) is 12.5 Å². The molecule has 0 aromatic heterocycles. The Morgan fingerprint density at radius 3 is 2.56 bits per heavy atom. The number of nitrogens with zero attached hydrogens (tertiary/aromatic N) is 2. The average molecular weight is 291 g/mol. The van der Waals surface area contributed by atoms with E-state index in [-0.39, 0.29) is 17.9 Å². The summed E-state index contributed by atoms with van der Waals surface area (Å²) in [5, 5.41) is 19.5. The average Bonchev–Trinajstić information content (AvgIpc) is 2.27. The van der Waals surface area contributed by atoms with Crippen molar-refractivity contribution < 1.29 is 18.1 Å². The van der Waals surface area contributed by atoms with Crippen LogP contribution in [0.15, 0.2) is 17.0 Å². The molecule has 18 heavy (non-hydrogen) atoms. The van der Waals surface area contributed by atoms with Gasteiger partial charge in [0, 0.05) is 22.8 Å². The van der Waals surface area contributed by atoms with Gasteiger partial charge in [-0.25, -0.2) is 8.42 Å². The minimum Gasteiger partial charge on any atom is -0.491 e. The summed E-state index contributed by atoms with van der Waals surface area (Å²) in [4.78, 5) is 9.23. The number of hydrogen-bond donors (Lipinski definition) is 0. The second-order valence-electron chi connectivity index (χ2n) is 3.06. The van der Waals surface area contributed by atoms with Crippen LogP contribution in [-0.4, -0.2) is 19.9 Å². The number of benzene rings is 1. The van der Waals surface area contributed by atoms with Crippen molar-refractivity contribution in [3.05, 3.63) is 27.8 Å². The fraction of sp³-hybridized carbons (Fsp3) is 0.222. The van der Waals surface area contributed by atoms with E-state index in [0.717, 1.165) is 12.1 Å². The molecular formula is C9H7ClN2O5S. The summed E-state index contributed by atoms with van der Waals surface area (Å²) in [6.07, 6.45) is 0. The van der Waals surface area contributed by atoms with E-state index in [1.165, 1.54) is 0 Å². The molecule has 7 nitrogen and oxygen atoms in total. The molecule has 0 heterocycles. The molecule has 1 aromatic carbocycles. The van der Waals surface area contributed by atoms with E-state index >= 15 is 0 Å². The van der Waals surface area contributed by atoms with Gasteiger partial charge < -0.3 is 4.74 Å². The van der Waals surface area contributed by atoms with E-state index in [2.05, 4.69) is 0 Å². The molecule has 96 valence electrons. The second kappa shape index (κ2) is 5.20. The van der Waals surface area contributed by atoms with Crippen molar-refractivity contribution in [3.8, 4) is 11.8 Å². The maximum absolute atomic E-state index is 11.3. The normalized spacial score (nSPS) is 10.7. The fourth-order valence-corrected chi connectivity index (χ4v) is 2.25. The number of nitro benzene ring substituents is 1. The first-order valence-electron chi connectivity index (χ1n) is 4.61. The molecule has 0 aliphatic carbocycles. The van der Waals surface area contributed by atoms with Gasteiger partial charge in [-0.2, -0.15) is 5.26 Å². The molecule has 0 saturated carbocycles. The van der Waals surface area contributed by atoms with Crippen LogP contribution in [0.5, 0.6) is 5.75 Å². The fourth-order valence-electron chi connectivity index (χ4n) is 1.25. The zero-order chi connectivity index (χ0) is 13.9. The zero-order valence-electron chi connectivity index (χ0n) is 9.08. The summed E-state index contributed by atoms with van der Waals surface area (Å²) in [6, 6.07) is 3.32. The minimum absolute atomic E-state index is 0.0892. The summed E-state index contributed by atoms with van der Waals surface area (Å²) in [6.45, 7) is 1.67. The smallest absolute Gasteiger partial charge is 0.272 e. The van der Waals surface area contributed by atoms with Crippen molar-refractivity contribution >= 4 is 25.4 Å². The molecule has 0 aliphatic heterocycles. The quantitative estimate of drug-likeness (QED) is 0.475. The number of non-ortho nitro benzene ring substituents is 1. The summed E-state index contributed by atoms with van der Waals surface area (Å²) in [5.74, 6) is -0.277. The number of rotatable bonds is 4. The number of ether oxygens (including phenoxy) is 1. The third-order valence-electron chi connectivity index (χ3n) is 1.92. The van der Waals surface area contributed by atoms with E-state index in [4.69, 9.17) is 20.7 Å². The van der Waals surface area contributed by atoms with E-state index < -0.39 is 24.6 Å². The molecule has 0 N–H and O–H groups in total. The maximum Gasteiger partial charge on any atom is 0.272 e. The third-order valence-corrected chi connectivity index (χ3v) is 3.25. The van der Waals surface area contributed by atoms with Crippen LogP contribution < -0.4 is 4.74 Å². The first-order chi connectivity index (χ1) is 8.31. The lowest BCUT2D eigenvalue weighted by atomic mass is 10.2. The molecule has 1 aromatic rings. The first-order valence-corrected chi connectivity index (χ1v) is 6.92. The van der Waals surface area contributed by atoms with Crippen molar-refractivity contribution in [1.29, 1.82) is 5.26 Å². The largest absolute Gasteiger partial charge is 0.491 e. The highest BCUT2D eigenvalue weighted by molar-refractivity contribution is 8.13. The Morgan fingerprint density at radius 1 is 1.56 bits per heavy atom. The summed E-state index contributed by atoms with van der Waals surface area (Å²) < 4.78 is 27.7. The molecule has 0 fully saturated rings. The molecular weight excluding hydrogens is 284 g/mol. The number of halogens is 1. The maximum atomic E-state index is 11.3. The van der Waals surface area contributed by atoms with Crippen molar-refractivity contribution in [3.63, 3.8) is 0 Å². The van der Waals surface area contributed by atoms with Crippen molar-refractivity contribution in [1.82, 2.24) is 0 Å². The van der Waals surface area contributed by atoms with Gasteiger partial charge in [0.2, 0.25) is 0 Å². The molecule has 0 atom stereocenters. The van der Waals surface area contributed by atoms with Crippen LogP contribution in [-0.2, 0) is 9.05 Å². The SMILES string of the molecule is CCOc1c(C#N)cc([N+](=O)[O-])cc1S(=O)(=O)Cl. The van der Waals surface area contributed by atoms with Gasteiger partial charge in [-0.05, 0) is 6.92 Å². The van der Waals surface area contributed by atoms with E-state index in [9.17, 15) is 18.5 Å². The second-order valence-corrected chi connectivity index (χ2v) is 5.59. The van der Waals surface area contributed by atoms with Gasteiger partial charge in [-0.3, -0.25) is 10.1 Å². The van der Waals surface area contributed by atoms with Gasteiger partial charge in [0.05, 0.1) is 11.5 Å². The highest BCUT2D eigenvalue weighted by atomic mass is 35.7. The lowest BCUT2D eigenvalue weighted by molar-refractivity contribution is -0.385. The van der Waals surface area contributed by atoms with E-state index in [0.29, 0.717) is 0 Å². The topological polar surface area (TPSA) is 110 Å². The Labute approximate surface area is 107 Å². The van der Waals surface area contributed by atoms with Crippen molar-refractivity contribution in [2.24, 2.45) is 0 Å². The third kappa shape index (κ3) is 2.88. The van der Waals surface area contributed by atoms with Crippen LogP contribution >= 0.6 is 10.7 Å². The van der Waals surface area contributed by atoms with Gasteiger partial charge in [0.1, 0.15) is 16.5 Å². The Kier molecular flexibility index (Phi) is 4.11. The molecule has 0 amide bonds. The van der Waals surface area contributed by atoms with Gasteiger partial charge in [0.15, 0.2) is 5.75 Å². The van der Waals surface area contributed by atoms with Gasteiger partial charge in [-0.15, -0.1) is 0 Å². The standard InChI is InChI=1S/C9H7ClN2O5S/c1-2-17-9-6(5-11)3-7(12(13)14)4-8(9)18(10,15)16/h3-4H,2H2,1H3. The highest BCUT2D eigenvalue weighted by Gasteiger charge is 2.25. The molecule has 0 aliphatic rings. The van der Waals surface area contributed by atoms with Crippen molar-refractivity contribution in [2.75, 3.05) is 6.61 Å². The number of hydrogen-bond acceptors (Lipinski definition) is 6. The van der Waals surface area contributed by atoms with Crippen molar-refractivity contribution in [2.45, 2.75) is 11.8 Å². The summed E-state index contributed by atoms with van der Waals surface area (Å²) >= 11 is 0. The van der Waals surface area contributed by atoms with E-state index in [1.807, 2.05) is 0 Å². The molecule has 1 rings (SSSR count). The van der Waals surface area contributed by atoms with Gasteiger partial charge >= 0.3 is 0 Å². The Hall–Kier alpha value is -1.85. The summed E-state index contributed by atoms with van der Waals surface area (Å²) in [5.41, 5.74) is -0.806. The molecule has 9 heteroatoms. The van der Waals surface area contributed by atoms with Gasteiger partial charge in [0.25, 0.3) is 14.7 Å². The highest BCUT2D eigenvalue weighted by Crippen LogP contribution is 2.34. The Bertz CT molecular complexity index is 635. The van der Waals surface area contributed by atoms with Crippen LogP contribution in [0.4, 0.5) is 5.69 Å². The molecule has 0 spiro atoms. The Balaban J connectivity index is 3.69. The lowest BCUT2D eigenvalue weighted by Gasteiger charge is -2.09. The monoisotopic (exact) mass is 290 g/mol. The molecule has 0 unspecified atom stereocenters. The number of nitriles is 1. The van der Waals surface area contributed by atoms with E-state index in [1.54, 1.807) is 13.0 Å². The lowest BCUT2D eigenvalue weighted by Crippen LogP contribution is -2.03. The molecule has 0 bridgehead atoms. The van der Waals surface area contributed by atoms with Crippen LogP contribution in [0.2, 0.25) is 0 Å². The summed E-state index contributed by atoms with van der Waals surface area (Å²) in [7, 11) is 0.913. The predicted molar refractivity (Wildman–Crippen MR) is 62.0 cm³/mol. The first kappa shape index (κ1) is 14.2. The van der Waals surface area contributed by atoms with Gasteiger partial charge in [-0.1, -0.05) is 0 Å². The molecule has 0 radical (unpaired) electrons.